The maximum atomic E-state index is 12.2. The molecule has 5 heteroatoms. The van der Waals surface area contributed by atoms with Crippen LogP contribution in [-0.4, -0.2) is 40.2 Å². The van der Waals surface area contributed by atoms with Crippen LogP contribution in [0, 0.1) is 5.92 Å². The van der Waals surface area contributed by atoms with Gasteiger partial charge in [0.05, 0.1) is 5.69 Å². The summed E-state index contributed by atoms with van der Waals surface area (Å²) < 4.78 is 1.81. The summed E-state index contributed by atoms with van der Waals surface area (Å²) in [6.07, 6.45) is 6.35. The number of rotatable bonds is 9. The van der Waals surface area contributed by atoms with Crippen LogP contribution in [0.5, 0.6) is 0 Å². The molecule has 1 aromatic heterocycles. The highest BCUT2D eigenvalue weighted by atomic mass is 16.2. The summed E-state index contributed by atoms with van der Waals surface area (Å²) in [6.45, 7) is 8.46. The first-order valence-corrected chi connectivity index (χ1v) is 10.2. The molecule has 0 saturated carbocycles. The zero-order valence-electron chi connectivity index (χ0n) is 16.7. The number of carbonyl (C=O) groups is 1. The number of aromatic nitrogens is 2. The molecular weight excluding hydrogens is 336 g/mol. The van der Waals surface area contributed by atoms with E-state index in [9.17, 15) is 4.79 Å². The first-order valence-electron chi connectivity index (χ1n) is 10.2. The van der Waals surface area contributed by atoms with E-state index in [4.69, 9.17) is 0 Å². The Kier molecular flexibility index (Phi) is 7.04. The van der Waals surface area contributed by atoms with Gasteiger partial charge in [0.2, 0.25) is 5.91 Å². The second kappa shape index (κ2) is 9.70. The van der Waals surface area contributed by atoms with Gasteiger partial charge in [-0.15, -0.1) is 0 Å². The molecule has 146 valence electrons. The maximum Gasteiger partial charge on any atom is 0.241 e. The van der Waals surface area contributed by atoms with Gasteiger partial charge < -0.3 is 5.32 Å². The largest absolute Gasteiger partial charge is 0.354 e. The van der Waals surface area contributed by atoms with Gasteiger partial charge in [-0.3, -0.25) is 14.4 Å². The van der Waals surface area contributed by atoms with E-state index in [0.717, 1.165) is 44.8 Å². The third-order valence-electron chi connectivity index (χ3n) is 5.34. The highest BCUT2D eigenvalue weighted by Gasteiger charge is 2.19. The van der Waals surface area contributed by atoms with Crippen LogP contribution in [0.3, 0.4) is 0 Å². The van der Waals surface area contributed by atoms with Crippen LogP contribution >= 0.6 is 0 Å². The fourth-order valence-electron chi connectivity index (χ4n) is 3.75. The molecule has 0 saturated heterocycles. The van der Waals surface area contributed by atoms with Crippen molar-refractivity contribution in [3.63, 3.8) is 0 Å². The van der Waals surface area contributed by atoms with Crippen molar-refractivity contribution in [3.05, 3.63) is 53.3 Å². The van der Waals surface area contributed by atoms with Crippen LogP contribution in [0.15, 0.2) is 36.5 Å². The molecule has 0 radical (unpaired) electrons. The normalized spacial score (nSPS) is 16.3. The van der Waals surface area contributed by atoms with E-state index in [1.54, 1.807) is 0 Å². The van der Waals surface area contributed by atoms with Crippen LogP contribution in [-0.2, 0) is 30.7 Å². The van der Waals surface area contributed by atoms with Crippen molar-refractivity contribution in [2.24, 2.45) is 5.92 Å². The quantitative estimate of drug-likeness (QED) is 0.692. The van der Waals surface area contributed by atoms with Gasteiger partial charge in [-0.1, -0.05) is 44.2 Å². The molecule has 1 aromatic carbocycles. The fraction of sp³-hybridized carbons (Fsp3) is 0.545. The molecule has 0 unspecified atom stereocenters. The van der Waals surface area contributed by atoms with Crippen molar-refractivity contribution in [1.29, 1.82) is 0 Å². The highest BCUT2D eigenvalue weighted by Crippen LogP contribution is 2.23. The maximum absolute atomic E-state index is 12.2. The van der Waals surface area contributed by atoms with Crippen molar-refractivity contribution in [2.75, 3.05) is 19.6 Å². The van der Waals surface area contributed by atoms with Crippen LogP contribution in [0.2, 0.25) is 0 Å². The Morgan fingerprint density at radius 2 is 2.15 bits per heavy atom. The standard InChI is InChI=1S/C22H32N4O/c1-3-25(15-19-8-5-4-6-9-19)13-7-12-23-22(27)17-26-16-20-14-18(2)10-11-21(20)24-26/h4-6,8-9,16,18H,3,7,10-15,17H2,1-2H3,(H,23,27)/t18-/m0/s1. The summed E-state index contributed by atoms with van der Waals surface area (Å²) >= 11 is 0. The zero-order valence-corrected chi connectivity index (χ0v) is 16.7. The fourth-order valence-corrected chi connectivity index (χ4v) is 3.75. The minimum Gasteiger partial charge on any atom is -0.354 e. The second-order valence-electron chi connectivity index (χ2n) is 7.70. The number of hydrogen-bond donors (Lipinski definition) is 1. The average molecular weight is 369 g/mol. The minimum absolute atomic E-state index is 0.0500. The van der Waals surface area contributed by atoms with Gasteiger partial charge in [0.15, 0.2) is 0 Å². The Morgan fingerprint density at radius 1 is 1.33 bits per heavy atom. The summed E-state index contributed by atoms with van der Waals surface area (Å²) in [5.74, 6) is 0.773. The SMILES string of the molecule is CCN(CCCNC(=O)Cn1cc2c(n1)CC[C@H](C)C2)Cc1ccccc1. The molecule has 1 aliphatic carbocycles. The smallest absolute Gasteiger partial charge is 0.241 e. The lowest BCUT2D eigenvalue weighted by Gasteiger charge is -2.20. The minimum atomic E-state index is 0.0500. The van der Waals surface area contributed by atoms with Gasteiger partial charge in [0, 0.05) is 25.8 Å². The van der Waals surface area contributed by atoms with E-state index < -0.39 is 0 Å². The summed E-state index contributed by atoms with van der Waals surface area (Å²) in [5, 5.41) is 7.63. The van der Waals surface area contributed by atoms with Crippen molar-refractivity contribution in [2.45, 2.75) is 52.6 Å². The van der Waals surface area contributed by atoms with E-state index in [2.05, 4.69) is 59.6 Å². The molecule has 0 spiro atoms. The van der Waals surface area contributed by atoms with Crippen molar-refractivity contribution in [1.82, 2.24) is 20.0 Å². The third-order valence-corrected chi connectivity index (χ3v) is 5.34. The van der Waals surface area contributed by atoms with Gasteiger partial charge in [0.25, 0.3) is 0 Å². The number of benzene rings is 1. The van der Waals surface area contributed by atoms with Crippen molar-refractivity contribution >= 4 is 5.91 Å². The molecule has 0 fully saturated rings. The van der Waals surface area contributed by atoms with Crippen molar-refractivity contribution in [3.8, 4) is 0 Å². The van der Waals surface area contributed by atoms with Crippen LogP contribution in [0.25, 0.3) is 0 Å². The molecule has 1 N–H and O–H groups in total. The lowest BCUT2D eigenvalue weighted by atomic mass is 9.89. The Balaban J connectivity index is 1.37. The number of hydrogen-bond acceptors (Lipinski definition) is 3. The number of nitrogens with zero attached hydrogens (tertiary/aromatic N) is 3. The summed E-state index contributed by atoms with van der Waals surface area (Å²) in [6, 6.07) is 10.5. The molecule has 0 aliphatic heterocycles. The molecule has 5 nitrogen and oxygen atoms in total. The van der Waals surface area contributed by atoms with E-state index >= 15 is 0 Å². The first-order chi connectivity index (χ1) is 13.1. The van der Waals surface area contributed by atoms with Crippen LogP contribution in [0.4, 0.5) is 0 Å². The van der Waals surface area contributed by atoms with Gasteiger partial charge in [0.1, 0.15) is 6.54 Å². The topological polar surface area (TPSA) is 50.2 Å². The summed E-state index contributed by atoms with van der Waals surface area (Å²) in [4.78, 5) is 14.6. The average Bonchev–Trinajstić information content (AvgIpc) is 3.06. The monoisotopic (exact) mass is 368 g/mol. The zero-order chi connectivity index (χ0) is 19.1. The van der Waals surface area contributed by atoms with Gasteiger partial charge >= 0.3 is 0 Å². The molecule has 1 heterocycles. The molecule has 0 bridgehead atoms. The Bertz CT molecular complexity index is 725. The lowest BCUT2D eigenvalue weighted by molar-refractivity contribution is -0.121. The predicted octanol–water partition coefficient (Wildman–Crippen LogP) is 3.04. The molecule has 1 aliphatic rings. The van der Waals surface area contributed by atoms with Crippen molar-refractivity contribution < 1.29 is 4.79 Å². The molecule has 1 amide bonds. The Labute approximate surface area is 162 Å². The number of fused-ring (bicyclic) bond motifs is 1. The van der Waals surface area contributed by atoms with E-state index in [-0.39, 0.29) is 5.91 Å². The van der Waals surface area contributed by atoms with Crippen LogP contribution in [0.1, 0.15) is 43.5 Å². The van der Waals surface area contributed by atoms with E-state index in [0.29, 0.717) is 13.1 Å². The number of amides is 1. The van der Waals surface area contributed by atoms with E-state index in [1.807, 2.05) is 10.7 Å². The lowest BCUT2D eigenvalue weighted by Crippen LogP contribution is -2.31. The van der Waals surface area contributed by atoms with Crippen LogP contribution < -0.4 is 5.32 Å². The Hall–Kier alpha value is -2.14. The number of nitrogens with one attached hydrogen (secondary N) is 1. The molecular formula is C22H32N4O. The van der Waals surface area contributed by atoms with Gasteiger partial charge in [-0.2, -0.15) is 5.10 Å². The first kappa shape index (κ1) is 19.6. The highest BCUT2D eigenvalue weighted by molar-refractivity contribution is 5.75. The van der Waals surface area contributed by atoms with E-state index in [1.165, 1.54) is 23.2 Å². The molecule has 2 aromatic rings. The number of carbonyl (C=O) groups excluding carboxylic acids is 1. The Morgan fingerprint density at radius 3 is 2.93 bits per heavy atom. The third kappa shape index (κ3) is 5.93. The van der Waals surface area contributed by atoms with Gasteiger partial charge in [-0.25, -0.2) is 0 Å². The molecule has 1 atom stereocenters. The second-order valence-corrected chi connectivity index (χ2v) is 7.70. The molecule has 3 rings (SSSR count). The molecule has 27 heavy (non-hydrogen) atoms. The summed E-state index contributed by atoms with van der Waals surface area (Å²) in [7, 11) is 0. The number of aryl methyl sites for hydroxylation is 1. The predicted molar refractivity (Wildman–Crippen MR) is 108 cm³/mol. The summed E-state index contributed by atoms with van der Waals surface area (Å²) in [5.41, 5.74) is 3.84. The van der Waals surface area contributed by atoms with Gasteiger partial charge in [-0.05, 0) is 49.3 Å².